The van der Waals surface area contributed by atoms with E-state index in [2.05, 4.69) is 24.4 Å². The Labute approximate surface area is 181 Å². The Hall–Kier alpha value is -2.47. The summed E-state index contributed by atoms with van der Waals surface area (Å²) in [7, 11) is 0. The molecule has 164 valence electrons. The quantitative estimate of drug-likeness (QED) is 0.783. The Balaban J connectivity index is 1.41. The summed E-state index contributed by atoms with van der Waals surface area (Å²) in [6.07, 6.45) is 5.04. The average Bonchev–Trinajstić information content (AvgIpc) is 3.10. The van der Waals surface area contributed by atoms with Gasteiger partial charge in [-0.15, -0.1) is 0 Å². The Morgan fingerprint density at radius 2 is 2.00 bits per heavy atom. The van der Waals surface area contributed by atoms with E-state index < -0.39 is 11.6 Å². The van der Waals surface area contributed by atoms with Crippen molar-refractivity contribution in [2.75, 3.05) is 6.61 Å². The van der Waals surface area contributed by atoms with Crippen molar-refractivity contribution in [2.24, 2.45) is 5.41 Å². The van der Waals surface area contributed by atoms with Gasteiger partial charge >= 0.3 is 0 Å². The summed E-state index contributed by atoms with van der Waals surface area (Å²) in [5.41, 5.74) is 1.25. The standard InChI is InChI=1S/C25H28F2N2O2/c1-25-14-19-20(12-16-6-3-2-4-7-16)29(23(25)9-5-8-22(25)28-19)24(30)15-31-21-11-10-17(26)13-18(21)27/h2-4,6-7,10-11,13,19-20,22-23,28H,5,8-9,12,14-15H2,1H3/t19-,20-,22-,23+,25-/m0/s1. The minimum absolute atomic E-state index is 0.0257. The van der Waals surface area contributed by atoms with E-state index in [9.17, 15) is 13.6 Å². The second kappa shape index (κ2) is 7.90. The van der Waals surface area contributed by atoms with Gasteiger partial charge in [0, 0.05) is 29.6 Å². The van der Waals surface area contributed by atoms with E-state index >= 15 is 0 Å². The molecule has 6 heteroatoms. The first kappa shape index (κ1) is 20.4. The molecule has 0 radical (unpaired) electrons. The van der Waals surface area contributed by atoms with Crippen molar-refractivity contribution in [3.8, 4) is 5.75 Å². The molecule has 0 spiro atoms. The molecule has 1 N–H and O–H groups in total. The molecule has 0 aromatic heterocycles. The topological polar surface area (TPSA) is 41.6 Å². The molecule has 5 atom stereocenters. The van der Waals surface area contributed by atoms with Crippen LogP contribution in [0, 0.1) is 17.0 Å². The molecular formula is C25H28F2N2O2. The van der Waals surface area contributed by atoms with E-state index in [1.54, 1.807) is 0 Å². The number of likely N-dealkylation sites (tertiary alicyclic amines) is 1. The highest BCUT2D eigenvalue weighted by molar-refractivity contribution is 5.79. The third-order valence-corrected chi connectivity index (χ3v) is 7.58. The van der Waals surface area contributed by atoms with Crippen LogP contribution in [0.5, 0.6) is 5.75 Å². The van der Waals surface area contributed by atoms with Crippen LogP contribution in [0.1, 0.15) is 38.2 Å². The summed E-state index contributed by atoms with van der Waals surface area (Å²) in [5.74, 6) is -1.69. The number of rotatable bonds is 5. The molecule has 0 unspecified atom stereocenters. The number of hydrogen-bond acceptors (Lipinski definition) is 3. The molecular weight excluding hydrogens is 398 g/mol. The lowest BCUT2D eigenvalue weighted by Crippen LogP contribution is -2.63. The molecule has 31 heavy (non-hydrogen) atoms. The van der Waals surface area contributed by atoms with E-state index in [4.69, 9.17) is 4.74 Å². The first-order chi connectivity index (χ1) is 15.0. The van der Waals surface area contributed by atoms with Crippen LogP contribution in [-0.2, 0) is 11.2 Å². The summed E-state index contributed by atoms with van der Waals surface area (Å²) in [4.78, 5) is 15.5. The van der Waals surface area contributed by atoms with Gasteiger partial charge in [0.15, 0.2) is 18.2 Å². The number of nitrogens with one attached hydrogen (secondary N) is 1. The van der Waals surface area contributed by atoms with Gasteiger partial charge in [-0.2, -0.15) is 0 Å². The van der Waals surface area contributed by atoms with Gasteiger partial charge in [-0.3, -0.25) is 4.79 Å². The number of carbonyl (C=O) groups excluding carboxylic acids is 1. The lowest BCUT2D eigenvalue weighted by atomic mass is 9.64. The molecule has 2 aromatic carbocycles. The Morgan fingerprint density at radius 1 is 1.19 bits per heavy atom. The number of hydrogen-bond donors (Lipinski definition) is 1. The Morgan fingerprint density at radius 3 is 2.77 bits per heavy atom. The molecule has 2 saturated heterocycles. The van der Waals surface area contributed by atoms with Crippen molar-refractivity contribution in [1.82, 2.24) is 10.2 Å². The SMILES string of the molecule is C[C@]12C[C@@H]3N[C@H]1CCC[C@H]2N(C(=O)COc1ccc(F)cc1F)[C@H]3Cc1ccccc1. The highest BCUT2D eigenvalue weighted by atomic mass is 19.1. The van der Waals surface area contributed by atoms with Crippen molar-refractivity contribution in [2.45, 2.75) is 63.2 Å². The monoisotopic (exact) mass is 426 g/mol. The van der Waals surface area contributed by atoms with E-state index in [-0.39, 0.29) is 41.8 Å². The van der Waals surface area contributed by atoms with Crippen molar-refractivity contribution in [3.05, 3.63) is 65.7 Å². The third-order valence-electron chi connectivity index (χ3n) is 7.58. The van der Waals surface area contributed by atoms with Crippen LogP contribution in [-0.4, -0.2) is 41.6 Å². The van der Waals surface area contributed by atoms with Crippen LogP contribution >= 0.6 is 0 Å². The molecule has 5 rings (SSSR count). The molecule has 2 bridgehead atoms. The van der Waals surface area contributed by atoms with Gasteiger partial charge in [0.25, 0.3) is 5.91 Å². The zero-order chi connectivity index (χ0) is 21.6. The van der Waals surface area contributed by atoms with E-state index in [0.717, 1.165) is 44.2 Å². The molecule has 1 amide bonds. The molecule has 3 fully saturated rings. The fourth-order valence-corrected chi connectivity index (χ4v) is 6.14. The molecule has 4 nitrogen and oxygen atoms in total. The number of carbonyl (C=O) groups is 1. The minimum atomic E-state index is -0.793. The third kappa shape index (κ3) is 3.61. The number of benzene rings is 2. The van der Waals surface area contributed by atoms with Crippen LogP contribution < -0.4 is 10.1 Å². The molecule has 2 heterocycles. The van der Waals surface area contributed by atoms with E-state index in [0.29, 0.717) is 6.04 Å². The van der Waals surface area contributed by atoms with Crippen molar-refractivity contribution in [1.29, 1.82) is 0 Å². The van der Waals surface area contributed by atoms with Crippen molar-refractivity contribution >= 4 is 5.91 Å². The van der Waals surface area contributed by atoms with Gasteiger partial charge in [0.1, 0.15) is 5.82 Å². The fraction of sp³-hybridized carbons (Fsp3) is 0.480. The number of ether oxygens (including phenoxy) is 1. The Kier molecular flexibility index (Phi) is 5.21. The first-order valence-corrected chi connectivity index (χ1v) is 11.1. The second-order valence-corrected chi connectivity index (χ2v) is 9.40. The predicted molar refractivity (Wildman–Crippen MR) is 114 cm³/mol. The summed E-state index contributed by atoms with van der Waals surface area (Å²) < 4.78 is 32.7. The second-order valence-electron chi connectivity index (χ2n) is 9.40. The largest absolute Gasteiger partial charge is 0.481 e. The maximum Gasteiger partial charge on any atom is 0.261 e. The Bertz CT molecular complexity index is 969. The lowest BCUT2D eigenvalue weighted by Gasteiger charge is -2.53. The van der Waals surface area contributed by atoms with Gasteiger partial charge in [0.05, 0.1) is 6.04 Å². The van der Waals surface area contributed by atoms with Crippen LogP contribution in [0.25, 0.3) is 0 Å². The van der Waals surface area contributed by atoms with Crippen molar-refractivity contribution < 1.29 is 18.3 Å². The zero-order valence-electron chi connectivity index (χ0n) is 17.7. The van der Waals surface area contributed by atoms with Gasteiger partial charge in [0.2, 0.25) is 0 Å². The number of halogens is 2. The van der Waals surface area contributed by atoms with Crippen LogP contribution in [0.2, 0.25) is 0 Å². The highest BCUT2D eigenvalue weighted by Crippen LogP contribution is 2.52. The molecule has 1 saturated carbocycles. The maximum atomic E-state index is 14.0. The molecule has 2 aromatic rings. The number of amides is 1. The molecule has 1 aliphatic carbocycles. The normalized spacial score (nSPS) is 31.5. The predicted octanol–water partition coefficient (Wildman–Crippen LogP) is 4.09. The summed E-state index contributed by atoms with van der Waals surface area (Å²) >= 11 is 0. The summed E-state index contributed by atoms with van der Waals surface area (Å²) in [6.45, 7) is 2.05. The number of piperidine rings is 1. The minimum Gasteiger partial charge on any atom is -0.481 e. The lowest BCUT2D eigenvalue weighted by molar-refractivity contribution is -0.147. The molecule has 3 aliphatic rings. The highest BCUT2D eigenvalue weighted by Gasteiger charge is 2.60. The number of fused-ring (bicyclic) bond motifs is 1. The van der Waals surface area contributed by atoms with Gasteiger partial charge in [-0.05, 0) is 49.8 Å². The van der Waals surface area contributed by atoms with Gasteiger partial charge < -0.3 is 15.0 Å². The number of nitrogens with zero attached hydrogens (tertiary/aromatic N) is 1. The van der Waals surface area contributed by atoms with Crippen LogP contribution in [0.4, 0.5) is 8.78 Å². The smallest absolute Gasteiger partial charge is 0.261 e. The van der Waals surface area contributed by atoms with E-state index in [1.807, 2.05) is 23.1 Å². The molecule has 2 aliphatic heterocycles. The summed E-state index contributed by atoms with van der Waals surface area (Å²) in [6, 6.07) is 14.2. The van der Waals surface area contributed by atoms with E-state index in [1.165, 1.54) is 11.6 Å². The fourth-order valence-electron chi connectivity index (χ4n) is 6.14. The van der Waals surface area contributed by atoms with Crippen LogP contribution in [0.15, 0.2) is 48.5 Å². The van der Waals surface area contributed by atoms with Gasteiger partial charge in [-0.1, -0.05) is 37.3 Å². The first-order valence-electron chi connectivity index (χ1n) is 11.1. The average molecular weight is 427 g/mol. The van der Waals surface area contributed by atoms with Crippen LogP contribution in [0.3, 0.4) is 0 Å². The zero-order valence-corrected chi connectivity index (χ0v) is 17.7. The summed E-state index contributed by atoms with van der Waals surface area (Å²) in [5, 5.41) is 3.83. The van der Waals surface area contributed by atoms with Gasteiger partial charge in [-0.25, -0.2) is 8.78 Å². The van der Waals surface area contributed by atoms with Crippen molar-refractivity contribution in [3.63, 3.8) is 0 Å². The maximum absolute atomic E-state index is 14.0.